The summed E-state index contributed by atoms with van der Waals surface area (Å²) in [6.45, 7) is 10.3. The molecule has 2 aromatic rings. The summed E-state index contributed by atoms with van der Waals surface area (Å²) in [6.07, 6.45) is 3.57. The number of benzene rings is 2. The summed E-state index contributed by atoms with van der Waals surface area (Å²) in [4.78, 5) is 23.7. The van der Waals surface area contributed by atoms with Crippen molar-refractivity contribution < 1.29 is 28.5 Å². The van der Waals surface area contributed by atoms with Crippen molar-refractivity contribution in [2.75, 3.05) is 14.2 Å². The van der Waals surface area contributed by atoms with Crippen molar-refractivity contribution in [3.8, 4) is 23.0 Å². The monoisotopic (exact) mass is 408 g/mol. The molecule has 0 heterocycles. The number of esters is 2. The van der Waals surface area contributed by atoms with Crippen molar-refractivity contribution in [2.24, 2.45) is 0 Å². The zero-order valence-corrected chi connectivity index (χ0v) is 17.5. The van der Waals surface area contributed by atoms with Crippen LogP contribution in [0.15, 0.2) is 60.7 Å². The third-order valence-electron chi connectivity index (χ3n) is 3.98. The Morgan fingerprint density at radius 3 is 1.77 bits per heavy atom. The van der Waals surface area contributed by atoms with Crippen LogP contribution in [0.4, 0.5) is 0 Å². The molecule has 0 fully saturated rings. The Kier molecular flexibility index (Phi) is 7.58. The molecule has 156 valence electrons. The standard InChI is InChI=1S/C24H24O6/c1-15(2)23(25)29-20-12-10-17(21(14-20)28-6)7-8-18-9-11-19(27-5)13-22(18)30-24(26)16(3)4/h7-14H,1,3H2,2,4-6H3/b8-7+. The van der Waals surface area contributed by atoms with E-state index in [-0.39, 0.29) is 5.57 Å². The second-order valence-electron chi connectivity index (χ2n) is 6.48. The molecule has 0 aliphatic carbocycles. The van der Waals surface area contributed by atoms with Gasteiger partial charge in [-0.25, -0.2) is 9.59 Å². The number of hydrogen-bond donors (Lipinski definition) is 0. The van der Waals surface area contributed by atoms with Crippen LogP contribution in [0.25, 0.3) is 12.2 Å². The van der Waals surface area contributed by atoms with Crippen LogP contribution >= 0.6 is 0 Å². The summed E-state index contributed by atoms with van der Waals surface area (Å²) in [7, 11) is 3.05. The summed E-state index contributed by atoms with van der Waals surface area (Å²) in [5, 5.41) is 0. The fourth-order valence-corrected chi connectivity index (χ4v) is 2.32. The molecule has 0 amide bonds. The first kappa shape index (κ1) is 22.5. The second-order valence-corrected chi connectivity index (χ2v) is 6.48. The van der Waals surface area contributed by atoms with E-state index < -0.39 is 11.9 Å². The smallest absolute Gasteiger partial charge is 0.338 e. The van der Waals surface area contributed by atoms with E-state index in [1.54, 1.807) is 62.4 Å². The predicted molar refractivity (Wildman–Crippen MR) is 116 cm³/mol. The maximum atomic E-state index is 12.0. The van der Waals surface area contributed by atoms with Gasteiger partial charge >= 0.3 is 11.9 Å². The van der Waals surface area contributed by atoms with Gasteiger partial charge in [0.05, 0.1) is 14.2 Å². The van der Waals surface area contributed by atoms with Crippen molar-refractivity contribution in [1.82, 2.24) is 0 Å². The van der Waals surface area contributed by atoms with Gasteiger partial charge in [0.15, 0.2) is 0 Å². The molecule has 0 saturated heterocycles. The van der Waals surface area contributed by atoms with Gasteiger partial charge in [-0.1, -0.05) is 25.3 Å². The minimum atomic E-state index is -0.529. The third kappa shape index (κ3) is 5.85. The fourth-order valence-electron chi connectivity index (χ4n) is 2.32. The molecule has 0 bridgehead atoms. The number of hydrogen-bond acceptors (Lipinski definition) is 6. The Labute approximate surface area is 176 Å². The molecular weight excluding hydrogens is 384 g/mol. The van der Waals surface area contributed by atoms with Gasteiger partial charge in [0.1, 0.15) is 23.0 Å². The van der Waals surface area contributed by atoms with E-state index in [0.717, 1.165) is 5.56 Å². The summed E-state index contributed by atoms with van der Waals surface area (Å²) in [6, 6.07) is 10.2. The molecule has 0 aliphatic rings. The van der Waals surface area contributed by atoms with Gasteiger partial charge in [-0.05, 0) is 38.1 Å². The van der Waals surface area contributed by atoms with Gasteiger partial charge in [0.25, 0.3) is 0 Å². The molecule has 6 nitrogen and oxygen atoms in total. The molecule has 0 spiro atoms. The van der Waals surface area contributed by atoms with Gasteiger partial charge in [0, 0.05) is 34.4 Å². The highest BCUT2D eigenvalue weighted by atomic mass is 16.5. The number of carbonyl (C=O) groups excluding carboxylic acids is 2. The maximum absolute atomic E-state index is 12.0. The van der Waals surface area contributed by atoms with Gasteiger partial charge in [-0.3, -0.25) is 0 Å². The summed E-state index contributed by atoms with van der Waals surface area (Å²) in [5.74, 6) is 0.703. The van der Waals surface area contributed by atoms with E-state index in [2.05, 4.69) is 13.2 Å². The second kappa shape index (κ2) is 10.1. The highest BCUT2D eigenvalue weighted by molar-refractivity contribution is 5.90. The van der Waals surface area contributed by atoms with Crippen LogP contribution in [0.5, 0.6) is 23.0 Å². The van der Waals surface area contributed by atoms with E-state index in [4.69, 9.17) is 18.9 Å². The molecule has 30 heavy (non-hydrogen) atoms. The Hall–Kier alpha value is -3.80. The number of carbonyl (C=O) groups is 2. The molecule has 2 rings (SSSR count). The van der Waals surface area contributed by atoms with Gasteiger partial charge in [-0.2, -0.15) is 0 Å². The first-order chi connectivity index (χ1) is 14.2. The lowest BCUT2D eigenvalue weighted by molar-refractivity contribution is -0.130. The van der Waals surface area contributed by atoms with E-state index in [1.807, 2.05) is 0 Å². The van der Waals surface area contributed by atoms with Crippen molar-refractivity contribution in [3.63, 3.8) is 0 Å². The highest BCUT2D eigenvalue weighted by Crippen LogP contribution is 2.30. The summed E-state index contributed by atoms with van der Waals surface area (Å²) >= 11 is 0. The minimum absolute atomic E-state index is 0.286. The average molecular weight is 408 g/mol. The quantitative estimate of drug-likeness (QED) is 0.269. The highest BCUT2D eigenvalue weighted by Gasteiger charge is 2.11. The van der Waals surface area contributed by atoms with Crippen LogP contribution in [-0.4, -0.2) is 26.2 Å². The number of ether oxygens (including phenoxy) is 4. The third-order valence-corrected chi connectivity index (χ3v) is 3.98. The van der Waals surface area contributed by atoms with Crippen LogP contribution in [0.2, 0.25) is 0 Å². The molecule has 2 aromatic carbocycles. The van der Waals surface area contributed by atoms with Crippen LogP contribution in [0.3, 0.4) is 0 Å². The fraction of sp³-hybridized carbons (Fsp3) is 0.167. The lowest BCUT2D eigenvalue weighted by Crippen LogP contribution is -2.09. The topological polar surface area (TPSA) is 71.1 Å². The SMILES string of the molecule is C=C(C)C(=O)Oc1ccc(/C=C/c2ccc(OC)cc2OC(=O)C(=C)C)c(OC)c1. The largest absolute Gasteiger partial charge is 0.497 e. The predicted octanol–water partition coefficient (Wildman–Crippen LogP) is 4.84. The van der Waals surface area contributed by atoms with E-state index in [1.165, 1.54) is 14.2 Å². The Balaban J connectivity index is 2.34. The maximum Gasteiger partial charge on any atom is 0.338 e. The average Bonchev–Trinajstić information content (AvgIpc) is 2.72. The molecule has 0 saturated carbocycles. The molecule has 0 radical (unpaired) electrons. The Morgan fingerprint density at radius 1 is 0.733 bits per heavy atom. The van der Waals surface area contributed by atoms with Crippen molar-refractivity contribution in [1.29, 1.82) is 0 Å². The van der Waals surface area contributed by atoms with Crippen LogP contribution in [0, 0.1) is 0 Å². The molecule has 0 N–H and O–H groups in total. The first-order valence-electron chi connectivity index (χ1n) is 9.04. The lowest BCUT2D eigenvalue weighted by atomic mass is 10.1. The van der Waals surface area contributed by atoms with Crippen molar-refractivity contribution in [2.45, 2.75) is 13.8 Å². The summed E-state index contributed by atoms with van der Waals surface area (Å²) in [5.41, 5.74) is 1.98. The molecule has 0 aliphatic heterocycles. The van der Waals surface area contributed by atoms with Crippen LogP contribution in [-0.2, 0) is 9.59 Å². The van der Waals surface area contributed by atoms with Crippen molar-refractivity contribution in [3.05, 3.63) is 71.8 Å². The van der Waals surface area contributed by atoms with Crippen LogP contribution in [0.1, 0.15) is 25.0 Å². The van der Waals surface area contributed by atoms with E-state index in [0.29, 0.717) is 34.1 Å². The van der Waals surface area contributed by atoms with Gasteiger partial charge in [0.2, 0.25) is 0 Å². The number of methoxy groups -OCH3 is 2. The first-order valence-corrected chi connectivity index (χ1v) is 9.04. The van der Waals surface area contributed by atoms with Gasteiger partial charge < -0.3 is 18.9 Å². The molecule has 0 unspecified atom stereocenters. The number of rotatable bonds is 8. The Morgan fingerprint density at radius 2 is 1.23 bits per heavy atom. The van der Waals surface area contributed by atoms with E-state index >= 15 is 0 Å². The van der Waals surface area contributed by atoms with Crippen molar-refractivity contribution >= 4 is 24.1 Å². The zero-order chi connectivity index (χ0) is 22.3. The normalized spacial score (nSPS) is 10.4. The van der Waals surface area contributed by atoms with E-state index in [9.17, 15) is 9.59 Å². The molecule has 0 aromatic heterocycles. The minimum Gasteiger partial charge on any atom is -0.497 e. The summed E-state index contributed by atoms with van der Waals surface area (Å²) < 4.78 is 21.2. The molecular formula is C24H24O6. The van der Waals surface area contributed by atoms with Gasteiger partial charge in [-0.15, -0.1) is 0 Å². The zero-order valence-electron chi connectivity index (χ0n) is 17.5. The Bertz CT molecular complexity index is 1020. The molecule has 6 heteroatoms. The molecule has 0 atom stereocenters. The lowest BCUT2D eigenvalue weighted by Gasteiger charge is -2.11. The van der Waals surface area contributed by atoms with Crippen LogP contribution < -0.4 is 18.9 Å².